The molecule has 5 rings (SSSR count). The molecule has 1 aromatic carbocycles. The highest BCUT2D eigenvalue weighted by atomic mass is 32.2. The molecule has 0 radical (unpaired) electrons. The van der Waals surface area contributed by atoms with Crippen molar-refractivity contribution in [2.75, 3.05) is 40.0 Å². The van der Waals surface area contributed by atoms with Gasteiger partial charge in [-0.1, -0.05) is 6.92 Å². The summed E-state index contributed by atoms with van der Waals surface area (Å²) >= 11 is 0. The maximum Gasteiger partial charge on any atom is 0.354 e. The second-order valence-corrected chi connectivity index (χ2v) is 11.5. The first kappa shape index (κ1) is 24.5. The fraction of sp³-hybridized carbons (Fsp3) is 0.577. The molecule has 0 saturated carbocycles. The van der Waals surface area contributed by atoms with Crippen molar-refractivity contribution in [2.24, 2.45) is 5.41 Å². The molecule has 3 aliphatic rings. The van der Waals surface area contributed by atoms with Gasteiger partial charge in [-0.2, -0.15) is 0 Å². The quantitative estimate of drug-likeness (QED) is 0.418. The Morgan fingerprint density at radius 3 is 2.83 bits per heavy atom. The summed E-state index contributed by atoms with van der Waals surface area (Å²) in [6, 6.07) is 5.45. The average Bonchev–Trinajstić information content (AvgIpc) is 3.20. The molecule has 3 aliphatic heterocycles. The number of carbonyl (C=O) groups excluding carboxylic acids is 1. The van der Waals surface area contributed by atoms with Crippen molar-refractivity contribution in [3.63, 3.8) is 0 Å². The normalized spacial score (nSPS) is 23.7. The number of esters is 1. The third-order valence-electron chi connectivity index (χ3n) is 7.92. The van der Waals surface area contributed by atoms with Gasteiger partial charge in [-0.3, -0.25) is 4.90 Å². The van der Waals surface area contributed by atoms with Crippen LogP contribution in [0.2, 0.25) is 0 Å². The number of nitrogens with zero attached hydrogens (tertiary/aromatic N) is 2. The molecule has 0 amide bonds. The second kappa shape index (κ2) is 9.35. The van der Waals surface area contributed by atoms with Crippen molar-refractivity contribution in [3.8, 4) is 0 Å². The summed E-state index contributed by atoms with van der Waals surface area (Å²) in [6.07, 6.45) is 6.65. The predicted octanol–water partition coefficient (Wildman–Crippen LogP) is 3.46. The lowest BCUT2D eigenvalue weighted by atomic mass is 9.66. The van der Waals surface area contributed by atoms with E-state index in [1.165, 1.54) is 0 Å². The van der Waals surface area contributed by atoms with E-state index in [0.717, 1.165) is 60.9 Å². The molecule has 8 nitrogen and oxygen atoms in total. The zero-order chi connectivity index (χ0) is 24.8. The SMILES string of the molecule is CCOC(=O)C1=C[C@]2(CC)CCCN3CCc4c(n1c1ccc(S(=O)(=O)NCCCOC)cc41)[C@@H]32. The third kappa shape index (κ3) is 3.93. The maximum absolute atomic E-state index is 13.2. The number of nitrogens with one attached hydrogen (secondary N) is 1. The Morgan fingerprint density at radius 2 is 2.09 bits per heavy atom. The van der Waals surface area contributed by atoms with Crippen molar-refractivity contribution in [2.45, 2.75) is 56.9 Å². The minimum absolute atomic E-state index is 0.127. The molecule has 0 spiro atoms. The molecule has 4 heterocycles. The summed E-state index contributed by atoms with van der Waals surface area (Å²) in [4.78, 5) is 16.0. The number of methoxy groups -OCH3 is 1. The lowest BCUT2D eigenvalue weighted by Gasteiger charge is -2.53. The lowest BCUT2D eigenvalue weighted by Crippen LogP contribution is -2.51. The van der Waals surface area contributed by atoms with Gasteiger partial charge in [0.1, 0.15) is 5.70 Å². The maximum atomic E-state index is 13.2. The van der Waals surface area contributed by atoms with Crippen LogP contribution in [0.25, 0.3) is 16.6 Å². The van der Waals surface area contributed by atoms with Crippen LogP contribution in [0.5, 0.6) is 0 Å². The summed E-state index contributed by atoms with van der Waals surface area (Å²) in [6.45, 7) is 7.13. The fourth-order valence-electron chi connectivity index (χ4n) is 6.34. The molecule has 0 aliphatic carbocycles. The highest BCUT2D eigenvalue weighted by Crippen LogP contribution is 2.57. The largest absolute Gasteiger partial charge is 0.461 e. The van der Waals surface area contributed by atoms with E-state index in [1.54, 1.807) is 19.2 Å². The van der Waals surface area contributed by atoms with Crippen LogP contribution in [0.15, 0.2) is 29.2 Å². The van der Waals surface area contributed by atoms with Gasteiger partial charge >= 0.3 is 5.97 Å². The average molecular weight is 502 g/mol. The second-order valence-electron chi connectivity index (χ2n) is 9.75. The number of fused-ring (bicyclic) bond motifs is 3. The molecular formula is C26H35N3O5S. The van der Waals surface area contributed by atoms with Crippen LogP contribution in [0.4, 0.5) is 0 Å². The van der Waals surface area contributed by atoms with Crippen molar-refractivity contribution in [1.29, 1.82) is 0 Å². The van der Waals surface area contributed by atoms with E-state index in [-0.39, 0.29) is 22.3 Å². The predicted molar refractivity (Wildman–Crippen MR) is 135 cm³/mol. The Balaban J connectivity index is 1.67. The molecule has 190 valence electrons. The summed E-state index contributed by atoms with van der Waals surface area (Å²) < 4.78 is 41.3. The smallest absolute Gasteiger partial charge is 0.354 e. The summed E-state index contributed by atoms with van der Waals surface area (Å²) in [7, 11) is -2.06. The lowest BCUT2D eigenvalue weighted by molar-refractivity contribution is -0.136. The number of carbonyl (C=O) groups is 1. The number of ether oxygens (including phenoxy) is 2. The number of aromatic nitrogens is 1. The topological polar surface area (TPSA) is 89.9 Å². The van der Waals surface area contributed by atoms with Crippen molar-refractivity contribution in [1.82, 2.24) is 14.2 Å². The Bertz CT molecular complexity index is 1280. The first-order valence-electron chi connectivity index (χ1n) is 12.7. The van der Waals surface area contributed by atoms with Gasteiger partial charge in [0, 0.05) is 43.3 Å². The molecule has 1 aromatic heterocycles. The van der Waals surface area contributed by atoms with Gasteiger partial charge in [0.15, 0.2) is 0 Å². The summed E-state index contributed by atoms with van der Waals surface area (Å²) in [5.74, 6) is -0.322. The molecule has 0 unspecified atom stereocenters. The fourth-order valence-corrected chi connectivity index (χ4v) is 7.44. The van der Waals surface area contributed by atoms with Crippen LogP contribution >= 0.6 is 0 Å². The first-order valence-corrected chi connectivity index (χ1v) is 14.2. The number of benzene rings is 1. The zero-order valence-electron chi connectivity index (χ0n) is 20.8. The Labute approximate surface area is 207 Å². The zero-order valence-corrected chi connectivity index (χ0v) is 21.6. The molecule has 0 bridgehead atoms. The van der Waals surface area contributed by atoms with Crippen LogP contribution in [0.3, 0.4) is 0 Å². The van der Waals surface area contributed by atoms with E-state index in [1.807, 2.05) is 13.0 Å². The Kier molecular flexibility index (Phi) is 6.54. The van der Waals surface area contributed by atoms with E-state index < -0.39 is 10.0 Å². The standard InChI is InChI=1S/C26H35N3O5S/c1-4-26-11-6-13-28-14-10-19-20-16-18(35(31,32)27-12-7-15-33-3)8-9-21(20)29(23(19)24(26)28)22(17-26)25(30)34-5-2/h8-9,16-17,24,27H,4-7,10-15H2,1-3H3/t24-,26+/m1/s1. The number of rotatable bonds is 9. The van der Waals surface area contributed by atoms with Gasteiger partial charge in [0.05, 0.1) is 23.1 Å². The van der Waals surface area contributed by atoms with Crippen molar-refractivity contribution < 1.29 is 22.7 Å². The van der Waals surface area contributed by atoms with E-state index in [4.69, 9.17) is 9.47 Å². The number of hydrogen-bond acceptors (Lipinski definition) is 6. The van der Waals surface area contributed by atoms with E-state index in [2.05, 4.69) is 27.2 Å². The molecule has 1 N–H and O–H groups in total. The van der Waals surface area contributed by atoms with Gasteiger partial charge in [0.25, 0.3) is 0 Å². The highest BCUT2D eigenvalue weighted by molar-refractivity contribution is 7.89. The molecule has 1 saturated heterocycles. The van der Waals surface area contributed by atoms with Gasteiger partial charge in [-0.05, 0) is 75.4 Å². The van der Waals surface area contributed by atoms with E-state index in [9.17, 15) is 13.2 Å². The monoisotopic (exact) mass is 501 g/mol. The van der Waals surface area contributed by atoms with Crippen LogP contribution < -0.4 is 4.72 Å². The van der Waals surface area contributed by atoms with Crippen molar-refractivity contribution >= 4 is 32.6 Å². The molecule has 2 aromatic rings. The van der Waals surface area contributed by atoms with Gasteiger partial charge in [-0.25, -0.2) is 17.9 Å². The van der Waals surface area contributed by atoms with Crippen LogP contribution in [-0.4, -0.2) is 63.8 Å². The van der Waals surface area contributed by atoms with E-state index in [0.29, 0.717) is 31.9 Å². The third-order valence-corrected chi connectivity index (χ3v) is 9.38. The van der Waals surface area contributed by atoms with Crippen molar-refractivity contribution in [3.05, 3.63) is 35.5 Å². The molecule has 1 fully saturated rings. The molecule has 35 heavy (non-hydrogen) atoms. The molecule has 9 heteroatoms. The van der Waals surface area contributed by atoms with E-state index >= 15 is 0 Å². The van der Waals surface area contributed by atoms with Gasteiger partial charge < -0.3 is 14.0 Å². The first-order chi connectivity index (χ1) is 16.9. The number of sulfonamides is 1. The number of hydrogen-bond donors (Lipinski definition) is 1. The van der Waals surface area contributed by atoms with Crippen LogP contribution in [-0.2, 0) is 30.7 Å². The van der Waals surface area contributed by atoms with Gasteiger partial charge in [0.2, 0.25) is 10.0 Å². The summed E-state index contributed by atoms with van der Waals surface area (Å²) in [5.41, 5.74) is 3.60. The van der Waals surface area contributed by atoms with Crippen LogP contribution in [0.1, 0.15) is 56.8 Å². The minimum Gasteiger partial charge on any atom is -0.461 e. The van der Waals surface area contributed by atoms with Crippen LogP contribution in [0, 0.1) is 5.41 Å². The molecular weight excluding hydrogens is 466 g/mol. The summed E-state index contributed by atoms with van der Waals surface area (Å²) in [5, 5.41) is 0.909. The Hall–Kier alpha value is -2.20. The molecule has 2 atom stereocenters. The minimum atomic E-state index is -3.66. The van der Waals surface area contributed by atoms with Gasteiger partial charge in [-0.15, -0.1) is 0 Å². The Morgan fingerprint density at radius 1 is 1.26 bits per heavy atom. The number of piperidine rings is 1. The highest BCUT2D eigenvalue weighted by Gasteiger charge is 2.51.